The Morgan fingerprint density at radius 1 is 1.19 bits per heavy atom. The summed E-state index contributed by atoms with van der Waals surface area (Å²) in [5, 5.41) is 5.05. The molecule has 2 N–H and O–H groups in total. The van der Waals surface area contributed by atoms with Crippen LogP contribution in [-0.2, 0) is 14.3 Å². The van der Waals surface area contributed by atoms with Crippen molar-refractivity contribution in [3.8, 4) is 0 Å². The van der Waals surface area contributed by atoms with Crippen molar-refractivity contribution < 1.29 is 23.5 Å². The zero-order chi connectivity index (χ0) is 16.0. The number of nitrogens with one attached hydrogen (secondary N) is 2. The van der Waals surface area contributed by atoms with Gasteiger partial charge in [-0.25, -0.2) is 4.79 Å². The molecule has 0 bridgehead atoms. The quantitative estimate of drug-likeness (QED) is 0.753. The number of rotatable bonds is 6. The molecule has 116 valence electrons. The summed E-state index contributed by atoms with van der Waals surface area (Å²) in [7, 11) is 1.26. The Bertz CT molecular complexity index is 495. The van der Waals surface area contributed by atoms with Crippen LogP contribution >= 0.6 is 0 Å². The molecule has 7 heteroatoms. The molecule has 2 amide bonds. The lowest BCUT2D eigenvalue weighted by atomic mass is 10.0. The fourth-order valence-electron chi connectivity index (χ4n) is 1.64. The maximum atomic E-state index is 12.0. The van der Waals surface area contributed by atoms with E-state index in [9.17, 15) is 14.4 Å². The monoisotopic (exact) mass is 296 g/mol. The van der Waals surface area contributed by atoms with Crippen LogP contribution < -0.4 is 10.6 Å². The van der Waals surface area contributed by atoms with Crippen LogP contribution in [0.1, 0.15) is 31.3 Å². The molecule has 2 atom stereocenters. The van der Waals surface area contributed by atoms with Crippen molar-refractivity contribution in [3.63, 3.8) is 0 Å². The van der Waals surface area contributed by atoms with Gasteiger partial charge in [-0.15, -0.1) is 0 Å². The highest BCUT2D eigenvalue weighted by molar-refractivity contribution is 5.96. The van der Waals surface area contributed by atoms with Crippen LogP contribution in [0.3, 0.4) is 0 Å². The number of carbonyl (C=O) groups is 3. The van der Waals surface area contributed by atoms with Crippen LogP contribution in [0.4, 0.5) is 0 Å². The summed E-state index contributed by atoms with van der Waals surface area (Å²) in [6, 6.07) is 1.50. The summed E-state index contributed by atoms with van der Waals surface area (Å²) in [5.41, 5.74) is 0. The zero-order valence-corrected chi connectivity index (χ0v) is 12.5. The molecule has 0 spiro atoms. The average Bonchev–Trinajstić information content (AvgIpc) is 2.97. The molecule has 1 rings (SSSR count). The van der Waals surface area contributed by atoms with Gasteiger partial charge in [-0.3, -0.25) is 9.59 Å². The number of carbonyl (C=O) groups excluding carboxylic acids is 3. The lowest BCUT2D eigenvalue weighted by molar-refractivity contribution is -0.146. The minimum Gasteiger partial charge on any atom is -0.467 e. The van der Waals surface area contributed by atoms with Crippen LogP contribution in [0.5, 0.6) is 0 Å². The Balaban J connectivity index is 2.61. The average molecular weight is 296 g/mol. The predicted octanol–water partition coefficient (Wildman–Crippen LogP) is 0.712. The Labute approximate surface area is 123 Å². The number of methoxy groups -OCH3 is 1. The second kappa shape index (κ2) is 7.47. The van der Waals surface area contributed by atoms with E-state index in [0.29, 0.717) is 0 Å². The highest BCUT2D eigenvalue weighted by Gasteiger charge is 2.27. The first-order chi connectivity index (χ1) is 9.86. The van der Waals surface area contributed by atoms with E-state index >= 15 is 0 Å². The van der Waals surface area contributed by atoms with Gasteiger partial charge in [0, 0.05) is 0 Å². The maximum absolute atomic E-state index is 12.0. The molecule has 21 heavy (non-hydrogen) atoms. The molecular formula is C14H20N2O5. The van der Waals surface area contributed by atoms with Crippen molar-refractivity contribution >= 4 is 17.8 Å². The fraction of sp³-hybridized carbons (Fsp3) is 0.500. The highest BCUT2D eigenvalue weighted by atomic mass is 16.5. The molecule has 0 saturated carbocycles. The zero-order valence-electron chi connectivity index (χ0n) is 12.5. The summed E-state index contributed by atoms with van der Waals surface area (Å²) in [6.45, 7) is 5.09. The van der Waals surface area contributed by atoms with Gasteiger partial charge in [-0.1, -0.05) is 13.8 Å². The summed E-state index contributed by atoms with van der Waals surface area (Å²) in [5.74, 6) is -1.51. The third-order valence-corrected chi connectivity index (χ3v) is 2.91. The van der Waals surface area contributed by atoms with E-state index < -0.39 is 29.9 Å². The molecule has 1 heterocycles. The third-order valence-electron chi connectivity index (χ3n) is 2.91. The summed E-state index contributed by atoms with van der Waals surface area (Å²) in [4.78, 5) is 35.4. The number of hydrogen-bond acceptors (Lipinski definition) is 5. The standard InChI is InChI=1S/C14H20N2O5/c1-8(2)11(14(19)20-4)16-12(17)9(3)15-13(18)10-6-5-7-21-10/h5-9,11H,1-4H3,(H,15,18)(H,16,17). The topological polar surface area (TPSA) is 97.6 Å². The van der Waals surface area contributed by atoms with Gasteiger partial charge in [0.1, 0.15) is 12.1 Å². The molecular weight excluding hydrogens is 276 g/mol. The SMILES string of the molecule is COC(=O)C(NC(=O)C(C)NC(=O)c1ccco1)C(C)C. The summed E-state index contributed by atoms with van der Waals surface area (Å²) < 4.78 is 9.57. The Hall–Kier alpha value is -2.31. The van der Waals surface area contributed by atoms with E-state index in [1.165, 1.54) is 26.4 Å². The first-order valence-electron chi connectivity index (χ1n) is 6.59. The van der Waals surface area contributed by atoms with Crippen LogP contribution in [0, 0.1) is 5.92 Å². The van der Waals surface area contributed by atoms with Crippen molar-refractivity contribution in [1.29, 1.82) is 0 Å². The van der Waals surface area contributed by atoms with Crippen molar-refractivity contribution in [2.45, 2.75) is 32.9 Å². The Morgan fingerprint density at radius 3 is 2.33 bits per heavy atom. The van der Waals surface area contributed by atoms with Crippen molar-refractivity contribution in [2.24, 2.45) is 5.92 Å². The highest BCUT2D eigenvalue weighted by Crippen LogP contribution is 2.05. The second-order valence-corrected chi connectivity index (χ2v) is 4.93. The second-order valence-electron chi connectivity index (χ2n) is 4.93. The molecule has 0 aliphatic rings. The van der Waals surface area contributed by atoms with Crippen LogP contribution in [0.2, 0.25) is 0 Å². The van der Waals surface area contributed by atoms with Crippen molar-refractivity contribution in [3.05, 3.63) is 24.2 Å². The molecule has 7 nitrogen and oxygen atoms in total. The third kappa shape index (κ3) is 4.62. The molecule has 0 saturated heterocycles. The lowest BCUT2D eigenvalue weighted by Gasteiger charge is -2.22. The van der Waals surface area contributed by atoms with Crippen LogP contribution in [0.15, 0.2) is 22.8 Å². The smallest absolute Gasteiger partial charge is 0.328 e. The van der Waals surface area contributed by atoms with Gasteiger partial charge in [0.15, 0.2) is 5.76 Å². The molecule has 0 aliphatic heterocycles. The minimum atomic E-state index is -0.812. The van der Waals surface area contributed by atoms with Gasteiger partial charge < -0.3 is 19.8 Å². The van der Waals surface area contributed by atoms with E-state index in [1.807, 2.05) is 0 Å². The van der Waals surface area contributed by atoms with Gasteiger partial charge in [0.05, 0.1) is 13.4 Å². The predicted molar refractivity (Wildman–Crippen MR) is 74.4 cm³/mol. The van der Waals surface area contributed by atoms with Gasteiger partial charge in [-0.05, 0) is 25.0 Å². The van der Waals surface area contributed by atoms with Gasteiger partial charge in [-0.2, -0.15) is 0 Å². The fourth-order valence-corrected chi connectivity index (χ4v) is 1.64. The first-order valence-corrected chi connectivity index (χ1v) is 6.59. The largest absolute Gasteiger partial charge is 0.467 e. The van der Waals surface area contributed by atoms with Crippen LogP contribution in [0.25, 0.3) is 0 Å². The molecule has 1 aromatic rings. The molecule has 0 aromatic carbocycles. The summed E-state index contributed by atoms with van der Waals surface area (Å²) in [6.07, 6.45) is 1.37. The molecule has 0 aliphatic carbocycles. The van der Waals surface area contributed by atoms with Crippen molar-refractivity contribution in [1.82, 2.24) is 10.6 Å². The number of hydrogen-bond donors (Lipinski definition) is 2. The van der Waals surface area contributed by atoms with E-state index in [0.717, 1.165) is 0 Å². The lowest BCUT2D eigenvalue weighted by Crippen LogP contribution is -2.52. The van der Waals surface area contributed by atoms with Crippen molar-refractivity contribution in [2.75, 3.05) is 7.11 Å². The van der Waals surface area contributed by atoms with Gasteiger partial charge in [0.25, 0.3) is 5.91 Å². The van der Waals surface area contributed by atoms with E-state index in [1.54, 1.807) is 19.9 Å². The molecule has 0 radical (unpaired) electrons. The first kappa shape index (κ1) is 16.7. The number of ether oxygens (including phenoxy) is 1. The Morgan fingerprint density at radius 2 is 1.86 bits per heavy atom. The number of amides is 2. The summed E-state index contributed by atoms with van der Waals surface area (Å²) >= 11 is 0. The van der Waals surface area contributed by atoms with E-state index in [4.69, 9.17) is 4.42 Å². The maximum Gasteiger partial charge on any atom is 0.328 e. The number of furan rings is 1. The van der Waals surface area contributed by atoms with E-state index in [-0.39, 0.29) is 11.7 Å². The van der Waals surface area contributed by atoms with Crippen LogP contribution in [-0.4, -0.2) is 37.0 Å². The Kier molecular flexibility index (Phi) is 5.95. The molecule has 0 fully saturated rings. The van der Waals surface area contributed by atoms with Gasteiger partial charge in [0.2, 0.25) is 5.91 Å². The normalized spacial score (nSPS) is 13.4. The molecule has 1 aromatic heterocycles. The molecule has 2 unspecified atom stereocenters. The minimum absolute atomic E-state index is 0.114. The number of esters is 1. The van der Waals surface area contributed by atoms with E-state index in [2.05, 4.69) is 15.4 Å². The van der Waals surface area contributed by atoms with Gasteiger partial charge >= 0.3 is 5.97 Å².